The van der Waals surface area contributed by atoms with Crippen molar-refractivity contribution in [2.24, 2.45) is 5.92 Å². The van der Waals surface area contributed by atoms with E-state index in [0.29, 0.717) is 23.9 Å². The van der Waals surface area contributed by atoms with Gasteiger partial charge < -0.3 is 15.5 Å². The molecule has 0 aliphatic carbocycles. The second kappa shape index (κ2) is 8.85. The minimum Gasteiger partial charge on any atom is -0.336 e. The number of anilines is 1. The van der Waals surface area contributed by atoms with Crippen LogP contribution in [0.3, 0.4) is 0 Å². The van der Waals surface area contributed by atoms with Crippen molar-refractivity contribution in [1.29, 1.82) is 0 Å². The second-order valence-corrected chi connectivity index (χ2v) is 8.15. The first kappa shape index (κ1) is 19.8. The second-order valence-electron chi connectivity index (χ2n) is 8.15. The highest BCUT2D eigenvalue weighted by atomic mass is 16.2. The predicted octanol–water partition coefficient (Wildman–Crippen LogP) is 2.10. The molecule has 1 unspecified atom stereocenters. The summed E-state index contributed by atoms with van der Waals surface area (Å²) in [5.41, 5.74) is 2.41. The summed E-state index contributed by atoms with van der Waals surface area (Å²) in [7, 11) is 0. The summed E-state index contributed by atoms with van der Waals surface area (Å²) in [6.45, 7) is 11.6. The average molecular weight is 373 g/mol. The molecule has 2 saturated heterocycles. The number of carbonyl (C=O) groups is 2. The lowest BCUT2D eigenvalue weighted by Crippen LogP contribution is -2.52. The average Bonchev–Trinajstić information content (AvgIpc) is 3.17. The van der Waals surface area contributed by atoms with Gasteiger partial charge in [-0.25, -0.2) is 0 Å². The number of nitrogens with zero attached hydrogens (tertiary/aromatic N) is 2. The summed E-state index contributed by atoms with van der Waals surface area (Å²) in [4.78, 5) is 29.3. The van der Waals surface area contributed by atoms with Gasteiger partial charge in [0.05, 0.1) is 0 Å². The molecule has 0 radical (unpaired) electrons. The summed E-state index contributed by atoms with van der Waals surface area (Å²) in [6.07, 6.45) is 1.71. The fraction of sp³-hybridized carbons (Fsp3) is 0.619. The molecule has 1 atom stereocenters. The van der Waals surface area contributed by atoms with Crippen molar-refractivity contribution in [2.45, 2.75) is 39.7 Å². The van der Waals surface area contributed by atoms with Gasteiger partial charge in [0, 0.05) is 56.4 Å². The van der Waals surface area contributed by atoms with Crippen molar-refractivity contribution < 1.29 is 9.59 Å². The number of carbonyl (C=O) groups excluding carboxylic acids is 2. The first-order valence-electron chi connectivity index (χ1n) is 10.1. The maximum absolute atomic E-state index is 12.9. The molecule has 27 heavy (non-hydrogen) atoms. The minimum absolute atomic E-state index is 0.0182. The van der Waals surface area contributed by atoms with E-state index in [9.17, 15) is 9.59 Å². The summed E-state index contributed by atoms with van der Waals surface area (Å²) >= 11 is 0. The van der Waals surface area contributed by atoms with E-state index in [1.165, 1.54) is 6.42 Å². The molecule has 2 N–H and O–H groups in total. The van der Waals surface area contributed by atoms with E-state index in [0.717, 1.165) is 50.5 Å². The van der Waals surface area contributed by atoms with Crippen molar-refractivity contribution in [1.82, 2.24) is 15.1 Å². The zero-order valence-electron chi connectivity index (χ0n) is 16.8. The monoisotopic (exact) mass is 372 g/mol. The molecular formula is C21H32N4O2. The van der Waals surface area contributed by atoms with Crippen LogP contribution in [-0.4, -0.2) is 66.9 Å². The number of nitrogens with one attached hydrogen (secondary N) is 2. The van der Waals surface area contributed by atoms with Gasteiger partial charge >= 0.3 is 0 Å². The molecule has 0 spiro atoms. The highest BCUT2D eigenvalue weighted by molar-refractivity contribution is 5.96. The number of hydrogen-bond donors (Lipinski definition) is 2. The lowest BCUT2D eigenvalue weighted by Gasteiger charge is -2.37. The standard InChI is InChI=1S/C21H32N4O2/c1-15(2)12-20(26)23-19-5-4-17(13-16(19)3)21(27)25-10-8-24(9-11-25)18-6-7-22-14-18/h4-5,13,15,18,22H,6-12,14H2,1-3H3,(H,23,26). The molecule has 0 bridgehead atoms. The largest absolute Gasteiger partial charge is 0.336 e. The molecule has 1 aromatic rings. The third-order valence-corrected chi connectivity index (χ3v) is 5.49. The van der Waals surface area contributed by atoms with Crippen LogP contribution in [0.2, 0.25) is 0 Å². The molecule has 1 aromatic carbocycles. The fourth-order valence-electron chi connectivity index (χ4n) is 3.93. The molecule has 3 rings (SSSR count). The maximum Gasteiger partial charge on any atom is 0.253 e. The third-order valence-electron chi connectivity index (χ3n) is 5.49. The van der Waals surface area contributed by atoms with Gasteiger partial charge in [0.15, 0.2) is 0 Å². The zero-order chi connectivity index (χ0) is 19.4. The van der Waals surface area contributed by atoms with Crippen LogP contribution in [0, 0.1) is 12.8 Å². The number of aryl methyl sites for hydroxylation is 1. The van der Waals surface area contributed by atoms with Crippen molar-refractivity contribution in [2.75, 3.05) is 44.6 Å². The topological polar surface area (TPSA) is 64.7 Å². The van der Waals surface area contributed by atoms with Crippen LogP contribution in [0.4, 0.5) is 5.69 Å². The smallest absolute Gasteiger partial charge is 0.253 e. The van der Waals surface area contributed by atoms with Crippen molar-refractivity contribution in [3.8, 4) is 0 Å². The van der Waals surface area contributed by atoms with Gasteiger partial charge in [-0.2, -0.15) is 0 Å². The third kappa shape index (κ3) is 5.08. The van der Waals surface area contributed by atoms with Crippen LogP contribution >= 0.6 is 0 Å². The van der Waals surface area contributed by atoms with Crippen LogP contribution in [0.1, 0.15) is 42.6 Å². The van der Waals surface area contributed by atoms with E-state index in [1.807, 2.05) is 43.9 Å². The first-order chi connectivity index (χ1) is 12.9. The normalized spacial score (nSPS) is 20.9. The number of amides is 2. The van der Waals surface area contributed by atoms with Crippen molar-refractivity contribution in [3.05, 3.63) is 29.3 Å². The predicted molar refractivity (Wildman–Crippen MR) is 108 cm³/mol. The molecular weight excluding hydrogens is 340 g/mol. The molecule has 2 heterocycles. The van der Waals surface area contributed by atoms with Crippen LogP contribution < -0.4 is 10.6 Å². The van der Waals surface area contributed by atoms with E-state index in [4.69, 9.17) is 0 Å². The molecule has 148 valence electrons. The van der Waals surface area contributed by atoms with Crippen LogP contribution in [-0.2, 0) is 4.79 Å². The Morgan fingerprint density at radius 3 is 2.56 bits per heavy atom. The summed E-state index contributed by atoms with van der Waals surface area (Å²) in [6, 6.07) is 6.19. The SMILES string of the molecule is Cc1cc(C(=O)N2CCN(C3CCNC3)CC2)ccc1NC(=O)CC(C)C. The summed E-state index contributed by atoms with van der Waals surface area (Å²) in [5.74, 6) is 0.428. The number of hydrogen-bond acceptors (Lipinski definition) is 4. The highest BCUT2D eigenvalue weighted by Gasteiger charge is 2.28. The minimum atomic E-state index is 0.0182. The lowest BCUT2D eigenvalue weighted by atomic mass is 10.1. The van der Waals surface area contributed by atoms with Crippen molar-refractivity contribution >= 4 is 17.5 Å². The van der Waals surface area contributed by atoms with Gasteiger partial charge in [-0.05, 0) is 49.6 Å². The number of piperazine rings is 1. The van der Waals surface area contributed by atoms with Crippen LogP contribution in [0.15, 0.2) is 18.2 Å². The van der Waals surface area contributed by atoms with E-state index in [1.54, 1.807) is 0 Å². The maximum atomic E-state index is 12.9. The Bertz CT molecular complexity index is 675. The van der Waals surface area contributed by atoms with E-state index in [2.05, 4.69) is 15.5 Å². The Labute approximate surface area is 162 Å². The Kier molecular flexibility index (Phi) is 6.50. The van der Waals surface area contributed by atoms with Gasteiger partial charge in [0.25, 0.3) is 5.91 Å². The molecule has 2 fully saturated rings. The molecule has 2 aliphatic rings. The van der Waals surface area contributed by atoms with Crippen LogP contribution in [0.5, 0.6) is 0 Å². The molecule has 2 aliphatic heterocycles. The van der Waals surface area contributed by atoms with Gasteiger partial charge in [0.2, 0.25) is 5.91 Å². The van der Waals surface area contributed by atoms with Gasteiger partial charge in [0.1, 0.15) is 0 Å². The van der Waals surface area contributed by atoms with Crippen molar-refractivity contribution in [3.63, 3.8) is 0 Å². The Balaban J connectivity index is 1.57. The van der Waals surface area contributed by atoms with E-state index in [-0.39, 0.29) is 11.8 Å². The molecule has 6 heteroatoms. The quantitative estimate of drug-likeness (QED) is 0.831. The molecule has 0 saturated carbocycles. The van der Waals surface area contributed by atoms with Crippen LogP contribution in [0.25, 0.3) is 0 Å². The summed E-state index contributed by atoms with van der Waals surface area (Å²) in [5, 5.41) is 6.36. The number of benzene rings is 1. The Morgan fingerprint density at radius 2 is 1.96 bits per heavy atom. The first-order valence-corrected chi connectivity index (χ1v) is 10.1. The molecule has 0 aromatic heterocycles. The van der Waals surface area contributed by atoms with Gasteiger partial charge in [-0.15, -0.1) is 0 Å². The fourth-order valence-corrected chi connectivity index (χ4v) is 3.93. The number of rotatable bonds is 5. The molecule has 2 amide bonds. The van der Waals surface area contributed by atoms with E-state index < -0.39 is 0 Å². The highest BCUT2D eigenvalue weighted by Crippen LogP contribution is 2.20. The molecule has 6 nitrogen and oxygen atoms in total. The van der Waals surface area contributed by atoms with E-state index >= 15 is 0 Å². The zero-order valence-corrected chi connectivity index (χ0v) is 16.8. The Hall–Kier alpha value is -1.92. The Morgan fingerprint density at radius 1 is 1.22 bits per heavy atom. The summed E-state index contributed by atoms with van der Waals surface area (Å²) < 4.78 is 0. The van der Waals surface area contributed by atoms with Gasteiger partial charge in [-0.3, -0.25) is 14.5 Å². The lowest BCUT2D eigenvalue weighted by molar-refractivity contribution is -0.116. The van der Waals surface area contributed by atoms with Gasteiger partial charge in [-0.1, -0.05) is 13.8 Å².